The molecule has 0 amide bonds. The van der Waals surface area contributed by atoms with Gasteiger partial charge in [-0.2, -0.15) is 9.50 Å². The third kappa shape index (κ3) is 2.55. The first-order valence-corrected chi connectivity index (χ1v) is 8.06. The molecule has 5 heteroatoms. The minimum atomic E-state index is -0.125. The molecule has 0 bridgehead atoms. The van der Waals surface area contributed by atoms with Crippen molar-refractivity contribution in [1.29, 1.82) is 0 Å². The van der Waals surface area contributed by atoms with E-state index >= 15 is 0 Å². The van der Waals surface area contributed by atoms with Crippen LogP contribution in [-0.4, -0.2) is 14.6 Å². The summed E-state index contributed by atoms with van der Waals surface area (Å²) in [6.07, 6.45) is 1.88. The average molecular weight is 319 g/mol. The van der Waals surface area contributed by atoms with Crippen molar-refractivity contribution in [3.63, 3.8) is 0 Å². The zero-order chi connectivity index (χ0) is 15.8. The van der Waals surface area contributed by atoms with E-state index in [1.54, 1.807) is 0 Å². The molecule has 0 aliphatic rings. The summed E-state index contributed by atoms with van der Waals surface area (Å²) in [5.41, 5.74) is 2.98. The van der Waals surface area contributed by atoms with Gasteiger partial charge in [-0.15, -0.1) is 5.10 Å². The minimum Gasteiger partial charge on any atom is -0.266 e. The van der Waals surface area contributed by atoms with Crippen molar-refractivity contribution >= 4 is 22.4 Å². The lowest BCUT2D eigenvalue weighted by Crippen LogP contribution is -2.23. The first-order valence-electron chi connectivity index (χ1n) is 7.24. The van der Waals surface area contributed by atoms with Crippen molar-refractivity contribution in [3.05, 3.63) is 80.6 Å². The number of fused-ring (bicyclic) bond motifs is 1. The Balaban J connectivity index is 1.82. The van der Waals surface area contributed by atoms with Gasteiger partial charge in [-0.1, -0.05) is 71.5 Å². The molecule has 0 aliphatic heterocycles. The highest BCUT2D eigenvalue weighted by Gasteiger charge is 2.11. The zero-order valence-corrected chi connectivity index (χ0v) is 13.2. The number of aromatic nitrogens is 3. The Labute approximate surface area is 136 Å². The Morgan fingerprint density at radius 1 is 1.04 bits per heavy atom. The first kappa shape index (κ1) is 13.8. The fourth-order valence-corrected chi connectivity index (χ4v) is 3.27. The Bertz CT molecular complexity index is 1080. The third-order valence-electron chi connectivity index (χ3n) is 3.59. The standard InChI is InChI=1S/C18H13N3OS/c1-12-7-9-13(10-8-12)11-15-17(22)21-18(23-15)19-16(20-21)14-5-3-2-4-6-14/h2-11H,1H3/b15-11+. The molecule has 0 fully saturated rings. The second-order valence-electron chi connectivity index (χ2n) is 5.32. The molecule has 0 atom stereocenters. The van der Waals surface area contributed by atoms with Crippen molar-refractivity contribution in [2.45, 2.75) is 6.92 Å². The van der Waals surface area contributed by atoms with Crippen LogP contribution < -0.4 is 10.1 Å². The molecule has 4 aromatic rings. The average Bonchev–Trinajstić information content (AvgIpc) is 3.11. The van der Waals surface area contributed by atoms with E-state index in [0.717, 1.165) is 11.1 Å². The van der Waals surface area contributed by atoms with Crippen LogP contribution in [0.3, 0.4) is 0 Å². The van der Waals surface area contributed by atoms with Crippen LogP contribution in [-0.2, 0) is 0 Å². The van der Waals surface area contributed by atoms with E-state index in [9.17, 15) is 4.79 Å². The van der Waals surface area contributed by atoms with E-state index in [1.165, 1.54) is 21.4 Å². The summed E-state index contributed by atoms with van der Waals surface area (Å²) in [6, 6.07) is 17.7. The van der Waals surface area contributed by atoms with Crippen LogP contribution in [0.1, 0.15) is 11.1 Å². The predicted octanol–water partition coefficient (Wildman–Crippen LogP) is 2.67. The van der Waals surface area contributed by atoms with E-state index in [2.05, 4.69) is 10.1 Å². The SMILES string of the molecule is Cc1ccc(/C=c2/sc3nc(-c4ccccc4)nn3c2=O)cc1. The molecule has 0 saturated carbocycles. The molecule has 2 aromatic carbocycles. The summed E-state index contributed by atoms with van der Waals surface area (Å²) < 4.78 is 2.02. The topological polar surface area (TPSA) is 47.3 Å². The molecule has 112 valence electrons. The summed E-state index contributed by atoms with van der Waals surface area (Å²) >= 11 is 1.36. The molecule has 0 aliphatic carbocycles. The number of thiazole rings is 1. The molecule has 4 rings (SSSR count). The molecule has 4 nitrogen and oxygen atoms in total. The van der Waals surface area contributed by atoms with Gasteiger partial charge >= 0.3 is 0 Å². The highest BCUT2D eigenvalue weighted by molar-refractivity contribution is 7.15. The van der Waals surface area contributed by atoms with Crippen LogP contribution in [0.25, 0.3) is 22.4 Å². The second-order valence-corrected chi connectivity index (χ2v) is 6.33. The second kappa shape index (κ2) is 5.44. The lowest BCUT2D eigenvalue weighted by molar-refractivity contribution is 0.937. The van der Waals surface area contributed by atoms with Crippen LogP contribution >= 0.6 is 11.3 Å². The fourth-order valence-electron chi connectivity index (χ4n) is 2.36. The van der Waals surface area contributed by atoms with E-state index in [0.29, 0.717) is 15.3 Å². The van der Waals surface area contributed by atoms with Gasteiger partial charge in [-0.05, 0) is 18.6 Å². The molecular formula is C18H13N3OS. The highest BCUT2D eigenvalue weighted by atomic mass is 32.1. The normalized spacial score (nSPS) is 12.1. The highest BCUT2D eigenvalue weighted by Crippen LogP contribution is 2.15. The Kier molecular flexibility index (Phi) is 3.28. The smallest absolute Gasteiger partial charge is 0.266 e. The molecule has 0 N–H and O–H groups in total. The number of hydrogen-bond donors (Lipinski definition) is 0. The molecule has 0 radical (unpaired) electrons. The van der Waals surface area contributed by atoms with Gasteiger partial charge in [-0.25, -0.2) is 0 Å². The summed E-state index contributed by atoms with van der Waals surface area (Å²) in [4.78, 5) is 17.6. The van der Waals surface area contributed by atoms with Crippen LogP contribution in [0.4, 0.5) is 0 Å². The van der Waals surface area contributed by atoms with Gasteiger partial charge in [0.2, 0.25) is 4.96 Å². The molecule has 2 aromatic heterocycles. The van der Waals surface area contributed by atoms with Crippen LogP contribution in [0.15, 0.2) is 59.4 Å². The molecule has 0 unspecified atom stereocenters. The molecule has 2 heterocycles. The van der Waals surface area contributed by atoms with E-state index in [1.807, 2.05) is 67.6 Å². The number of hydrogen-bond acceptors (Lipinski definition) is 4. The summed E-state index contributed by atoms with van der Waals surface area (Å²) in [7, 11) is 0. The van der Waals surface area contributed by atoms with E-state index in [4.69, 9.17) is 0 Å². The van der Waals surface area contributed by atoms with Crippen molar-refractivity contribution in [1.82, 2.24) is 14.6 Å². The zero-order valence-electron chi connectivity index (χ0n) is 12.4. The fraction of sp³-hybridized carbons (Fsp3) is 0.0556. The van der Waals surface area contributed by atoms with Gasteiger partial charge < -0.3 is 0 Å². The third-order valence-corrected chi connectivity index (χ3v) is 4.55. The minimum absolute atomic E-state index is 0.125. The van der Waals surface area contributed by atoms with Crippen molar-refractivity contribution in [2.75, 3.05) is 0 Å². The van der Waals surface area contributed by atoms with Gasteiger partial charge in [-0.3, -0.25) is 4.79 Å². The van der Waals surface area contributed by atoms with Gasteiger partial charge in [0.1, 0.15) is 0 Å². The maximum atomic E-state index is 12.5. The molecule has 23 heavy (non-hydrogen) atoms. The van der Waals surface area contributed by atoms with Gasteiger partial charge in [0.25, 0.3) is 5.56 Å². The van der Waals surface area contributed by atoms with Crippen molar-refractivity contribution in [3.8, 4) is 11.4 Å². The maximum absolute atomic E-state index is 12.5. The Hall–Kier alpha value is -2.79. The number of aryl methyl sites for hydroxylation is 1. The van der Waals surface area contributed by atoms with Crippen LogP contribution in [0, 0.1) is 6.92 Å². The lowest BCUT2D eigenvalue weighted by atomic mass is 10.1. The number of nitrogens with zero attached hydrogens (tertiary/aromatic N) is 3. The Morgan fingerprint density at radius 3 is 2.48 bits per heavy atom. The number of rotatable bonds is 2. The summed E-state index contributed by atoms with van der Waals surface area (Å²) in [5.74, 6) is 0.579. The predicted molar refractivity (Wildman–Crippen MR) is 92.5 cm³/mol. The van der Waals surface area contributed by atoms with Gasteiger partial charge in [0.15, 0.2) is 5.82 Å². The molecule has 0 saturated heterocycles. The molecular weight excluding hydrogens is 306 g/mol. The van der Waals surface area contributed by atoms with Crippen molar-refractivity contribution in [2.24, 2.45) is 0 Å². The monoisotopic (exact) mass is 319 g/mol. The largest absolute Gasteiger partial charge is 0.291 e. The van der Waals surface area contributed by atoms with Crippen LogP contribution in [0.5, 0.6) is 0 Å². The van der Waals surface area contributed by atoms with Crippen molar-refractivity contribution < 1.29 is 0 Å². The van der Waals surface area contributed by atoms with E-state index < -0.39 is 0 Å². The summed E-state index contributed by atoms with van der Waals surface area (Å²) in [6.45, 7) is 2.04. The van der Waals surface area contributed by atoms with Gasteiger partial charge in [0, 0.05) is 5.56 Å². The first-order chi connectivity index (χ1) is 11.2. The summed E-state index contributed by atoms with van der Waals surface area (Å²) in [5, 5.41) is 4.34. The lowest BCUT2D eigenvalue weighted by Gasteiger charge is -1.93. The van der Waals surface area contributed by atoms with E-state index in [-0.39, 0.29) is 5.56 Å². The number of benzene rings is 2. The maximum Gasteiger partial charge on any atom is 0.291 e. The quantitative estimate of drug-likeness (QED) is 0.571. The molecule has 0 spiro atoms. The Morgan fingerprint density at radius 2 is 1.78 bits per heavy atom. The van der Waals surface area contributed by atoms with Crippen LogP contribution in [0.2, 0.25) is 0 Å². The van der Waals surface area contributed by atoms with Gasteiger partial charge in [0.05, 0.1) is 4.53 Å².